The van der Waals surface area contributed by atoms with Crippen molar-refractivity contribution in [2.24, 2.45) is 5.92 Å². The van der Waals surface area contributed by atoms with Gasteiger partial charge in [-0.3, -0.25) is 4.79 Å². The molecule has 23 heavy (non-hydrogen) atoms. The largest absolute Gasteiger partial charge is 0.385 e. The zero-order valence-electron chi connectivity index (χ0n) is 14.0. The van der Waals surface area contributed by atoms with Crippen molar-refractivity contribution < 1.29 is 17.9 Å². The van der Waals surface area contributed by atoms with Crippen molar-refractivity contribution in [2.75, 3.05) is 26.8 Å². The molecule has 0 saturated carbocycles. The number of nitrogens with one attached hydrogen (secondary N) is 2. The van der Waals surface area contributed by atoms with Crippen molar-refractivity contribution in [1.82, 2.24) is 10.0 Å². The zero-order chi connectivity index (χ0) is 17.3. The van der Waals surface area contributed by atoms with Crippen LogP contribution in [-0.4, -0.2) is 41.1 Å². The molecule has 0 aromatic heterocycles. The van der Waals surface area contributed by atoms with Crippen LogP contribution in [0.1, 0.15) is 37.0 Å². The SMILES string of the molecule is COCCCNC(=O)c1cccc(S(=O)(=O)NCCC(C)C)c1. The molecule has 0 atom stereocenters. The second-order valence-electron chi connectivity index (χ2n) is 5.71. The normalized spacial score (nSPS) is 11.7. The van der Waals surface area contributed by atoms with Gasteiger partial charge in [0.25, 0.3) is 5.91 Å². The number of rotatable bonds is 10. The monoisotopic (exact) mass is 342 g/mol. The van der Waals surface area contributed by atoms with Gasteiger partial charge in [-0.15, -0.1) is 0 Å². The van der Waals surface area contributed by atoms with E-state index in [-0.39, 0.29) is 10.8 Å². The van der Waals surface area contributed by atoms with Gasteiger partial charge in [-0.1, -0.05) is 19.9 Å². The minimum absolute atomic E-state index is 0.103. The number of ether oxygens (including phenoxy) is 1. The molecule has 0 fully saturated rings. The molecular weight excluding hydrogens is 316 g/mol. The highest BCUT2D eigenvalue weighted by molar-refractivity contribution is 7.89. The van der Waals surface area contributed by atoms with Gasteiger partial charge in [0.05, 0.1) is 4.90 Å². The summed E-state index contributed by atoms with van der Waals surface area (Å²) < 4.78 is 31.9. The maximum Gasteiger partial charge on any atom is 0.251 e. The highest BCUT2D eigenvalue weighted by Gasteiger charge is 2.15. The molecule has 0 bridgehead atoms. The molecule has 0 spiro atoms. The number of amides is 1. The molecule has 1 aromatic rings. The Kier molecular flexibility index (Phi) is 8.22. The Labute approximate surface area is 138 Å². The Bertz CT molecular complexity index is 600. The van der Waals surface area contributed by atoms with Crippen LogP contribution < -0.4 is 10.0 Å². The van der Waals surface area contributed by atoms with Gasteiger partial charge in [-0.05, 0) is 37.0 Å². The van der Waals surface area contributed by atoms with E-state index in [4.69, 9.17) is 4.74 Å². The maximum atomic E-state index is 12.2. The van der Waals surface area contributed by atoms with E-state index in [9.17, 15) is 13.2 Å². The van der Waals surface area contributed by atoms with Crippen molar-refractivity contribution in [3.63, 3.8) is 0 Å². The molecular formula is C16H26N2O4S. The molecule has 0 unspecified atom stereocenters. The lowest BCUT2D eigenvalue weighted by molar-refractivity contribution is 0.0948. The van der Waals surface area contributed by atoms with Crippen molar-refractivity contribution in [1.29, 1.82) is 0 Å². The van der Waals surface area contributed by atoms with Crippen LogP contribution in [0, 0.1) is 5.92 Å². The maximum absolute atomic E-state index is 12.2. The van der Waals surface area contributed by atoms with Crippen LogP contribution in [0.2, 0.25) is 0 Å². The summed E-state index contributed by atoms with van der Waals surface area (Å²) >= 11 is 0. The molecule has 1 aromatic carbocycles. The van der Waals surface area contributed by atoms with Crippen LogP contribution in [-0.2, 0) is 14.8 Å². The predicted molar refractivity (Wildman–Crippen MR) is 89.9 cm³/mol. The highest BCUT2D eigenvalue weighted by atomic mass is 32.2. The van der Waals surface area contributed by atoms with Crippen molar-refractivity contribution >= 4 is 15.9 Å². The predicted octanol–water partition coefficient (Wildman–Crippen LogP) is 1.78. The second kappa shape index (κ2) is 9.64. The number of methoxy groups -OCH3 is 1. The quantitative estimate of drug-likeness (QED) is 0.635. The van der Waals surface area contributed by atoms with Gasteiger partial charge in [-0.2, -0.15) is 0 Å². The van der Waals surface area contributed by atoms with E-state index in [2.05, 4.69) is 10.0 Å². The molecule has 0 heterocycles. The van der Waals surface area contributed by atoms with E-state index in [1.165, 1.54) is 12.1 Å². The molecule has 0 aliphatic carbocycles. The summed E-state index contributed by atoms with van der Waals surface area (Å²) in [6.45, 7) is 5.49. The molecule has 0 aliphatic rings. The molecule has 1 rings (SSSR count). The first-order valence-corrected chi connectivity index (χ1v) is 9.22. The van der Waals surface area contributed by atoms with Crippen molar-refractivity contribution in [3.8, 4) is 0 Å². The standard InChI is InChI=1S/C16H26N2O4S/c1-13(2)8-10-18-23(20,21)15-7-4-6-14(12-15)16(19)17-9-5-11-22-3/h4,6-7,12-13,18H,5,8-11H2,1-3H3,(H,17,19). The van der Waals surface area contributed by atoms with Crippen LogP contribution >= 0.6 is 0 Å². The Morgan fingerprint density at radius 3 is 2.65 bits per heavy atom. The summed E-state index contributed by atoms with van der Waals surface area (Å²) in [4.78, 5) is 12.1. The van der Waals surface area contributed by atoms with E-state index in [0.717, 1.165) is 6.42 Å². The smallest absolute Gasteiger partial charge is 0.251 e. The fourth-order valence-electron chi connectivity index (χ4n) is 1.89. The van der Waals surface area contributed by atoms with Gasteiger partial charge >= 0.3 is 0 Å². The van der Waals surface area contributed by atoms with Gasteiger partial charge in [0.15, 0.2) is 0 Å². The second-order valence-corrected chi connectivity index (χ2v) is 7.48. The Morgan fingerprint density at radius 2 is 2.00 bits per heavy atom. The minimum Gasteiger partial charge on any atom is -0.385 e. The average Bonchev–Trinajstić information content (AvgIpc) is 2.51. The number of carbonyl (C=O) groups is 1. The van der Waals surface area contributed by atoms with Gasteiger partial charge in [0.1, 0.15) is 0 Å². The number of hydrogen-bond acceptors (Lipinski definition) is 4. The van der Waals surface area contributed by atoms with E-state index in [0.29, 0.717) is 37.6 Å². The van der Waals surface area contributed by atoms with Crippen LogP contribution in [0.4, 0.5) is 0 Å². The molecule has 0 saturated heterocycles. The van der Waals surface area contributed by atoms with Gasteiger partial charge < -0.3 is 10.1 Å². The number of sulfonamides is 1. The molecule has 7 heteroatoms. The first-order valence-electron chi connectivity index (χ1n) is 7.73. The first kappa shape index (κ1) is 19.6. The summed E-state index contributed by atoms with van der Waals surface area (Å²) in [7, 11) is -1.99. The number of carbonyl (C=O) groups excluding carboxylic acids is 1. The lowest BCUT2D eigenvalue weighted by Crippen LogP contribution is -2.27. The van der Waals surface area contributed by atoms with E-state index in [1.54, 1.807) is 19.2 Å². The fraction of sp³-hybridized carbons (Fsp3) is 0.562. The molecule has 130 valence electrons. The summed E-state index contributed by atoms with van der Waals surface area (Å²) in [6, 6.07) is 6.04. The Morgan fingerprint density at radius 1 is 1.26 bits per heavy atom. The zero-order valence-corrected chi connectivity index (χ0v) is 14.8. The number of hydrogen-bond donors (Lipinski definition) is 2. The van der Waals surface area contributed by atoms with E-state index < -0.39 is 10.0 Å². The molecule has 2 N–H and O–H groups in total. The average molecular weight is 342 g/mol. The Balaban J connectivity index is 2.69. The first-order chi connectivity index (χ1) is 10.9. The van der Waals surface area contributed by atoms with Crippen molar-refractivity contribution in [2.45, 2.75) is 31.6 Å². The molecule has 1 amide bonds. The molecule has 0 aliphatic heterocycles. The van der Waals surface area contributed by atoms with Crippen LogP contribution in [0.25, 0.3) is 0 Å². The third-order valence-corrected chi connectivity index (χ3v) is 4.69. The minimum atomic E-state index is -3.59. The third kappa shape index (κ3) is 7.11. The molecule has 0 radical (unpaired) electrons. The van der Waals surface area contributed by atoms with Crippen molar-refractivity contribution in [3.05, 3.63) is 29.8 Å². The van der Waals surface area contributed by atoms with E-state index in [1.807, 2.05) is 13.8 Å². The van der Waals surface area contributed by atoms with Gasteiger partial charge in [0.2, 0.25) is 10.0 Å². The summed E-state index contributed by atoms with van der Waals surface area (Å²) in [5.74, 6) is 0.127. The van der Waals surface area contributed by atoms with Crippen LogP contribution in [0.15, 0.2) is 29.2 Å². The Hall–Kier alpha value is -1.44. The highest BCUT2D eigenvalue weighted by Crippen LogP contribution is 2.12. The van der Waals surface area contributed by atoms with Crippen LogP contribution in [0.3, 0.4) is 0 Å². The lowest BCUT2D eigenvalue weighted by atomic mass is 10.1. The summed E-state index contributed by atoms with van der Waals surface area (Å²) in [6.07, 6.45) is 1.47. The topological polar surface area (TPSA) is 84.5 Å². The van der Waals surface area contributed by atoms with E-state index >= 15 is 0 Å². The number of benzene rings is 1. The third-order valence-electron chi connectivity index (χ3n) is 3.23. The van der Waals surface area contributed by atoms with Crippen LogP contribution in [0.5, 0.6) is 0 Å². The van der Waals surface area contributed by atoms with Gasteiger partial charge in [0, 0.05) is 32.4 Å². The molecule has 6 nitrogen and oxygen atoms in total. The fourth-order valence-corrected chi connectivity index (χ4v) is 2.98. The lowest BCUT2D eigenvalue weighted by Gasteiger charge is -2.10. The summed E-state index contributed by atoms with van der Waals surface area (Å²) in [5.41, 5.74) is 0.328. The van der Waals surface area contributed by atoms with Gasteiger partial charge in [-0.25, -0.2) is 13.1 Å². The summed E-state index contributed by atoms with van der Waals surface area (Å²) in [5, 5.41) is 2.74.